The van der Waals surface area contributed by atoms with Gasteiger partial charge in [-0.3, -0.25) is 12.2 Å². The molecule has 0 N–H and O–H groups in total. The first kappa shape index (κ1) is 24.4. The summed E-state index contributed by atoms with van der Waals surface area (Å²) < 4.78 is 0. The van der Waals surface area contributed by atoms with E-state index in [1.54, 1.807) is 0 Å². The monoisotopic (exact) mass is 375 g/mol. The fourth-order valence-electron chi connectivity index (χ4n) is 1.55. The smallest absolute Gasteiger partial charge is 1.00 e. The minimum Gasteiger partial charge on any atom is -1.00 e. The second kappa shape index (κ2) is 16.4. The fourth-order valence-corrected chi connectivity index (χ4v) is 1.55. The maximum atomic E-state index is 3.32. The van der Waals surface area contributed by atoms with Gasteiger partial charge in [-0.1, -0.05) is 6.42 Å². The van der Waals surface area contributed by atoms with Crippen molar-refractivity contribution in [3.8, 4) is 0 Å². The van der Waals surface area contributed by atoms with Gasteiger partial charge in [-0.05, 0) is 27.1 Å². The van der Waals surface area contributed by atoms with Crippen LogP contribution in [0.4, 0.5) is 0 Å². The normalized spacial score (nSPS) is 13.9. The van der Waals surface area contributed by atoms with Crippen LogP contribution in [-0.2, 0) is 26.2 Å². The molecule has 2 aliphatic carbocycles. The number of halogens is 2. The van der Waals surface area contributed by atoms with Gasteiger partial charge in [-0.15, -0.1) is 12.8 Å². The predicted molar refractivity (Wildman–Crippen MR) is 69.9 cm³/mol. The number of allylic oxidation sites excluding steroid dienone is 8. The summed E-state index contributed by atoms with van der Waals surface area (Å²) in [6.45, 7) is 1.18. The van der Waals surface area contributed by atoms with Gasteiger partial charge in [0.1, 0.15) is 0 Å². The van der Waals surface area contributed by atoms with Crippen molar-refractivity contribution >= 4 is 0 Å². The van der Waals surface area contributed by atoms with E-state index in [9.17, 15) is 0 Å². The molecule has 0 spiro atoms. The van der Waals surface area contributed by atoms with Crippen LogP contribution in [0.5, 0.6) is 0 Å². The predicted octanol–water partition coefficient (Wildman–Crippen LogP) is -2.67. The maximum absolute atomic E-state index is 3.32. The zero-order valence-corrected chi connectivity index (χ0v) is 15.6. The van der Waals surface area contributed by atoms with Crippen LogP contribution >= 0.6 is 0 Å². The quantitative estimate of drug-likeness (QED) is 0.483. The largest absolute Gasteiger partial charge is 4.00 e. The molecule has 0 saturated carbocycles. The van der Waals surface area contributed by atoms with Crippen LogP contribution in [0, 0.1) is 12.2 Å². The molecule has 0 radical (unpaired) electrons. The van der Waals surface area contributed by atoms with Gasteiger partial charge in [0.15, 0.2) is 0 Å². The molecule has 0 aliphatic heterocycles. The molecule has 0 heterocycles. The van der Waals surface area contributed by atoms with E-state index in [0.717, 1.165) is 12.8 Å². The minimum atomic E-state index is 0. The van der Waals surface area contributed by atoms with Crippen LogP contribution in [0.3, 0.4) is 0 Å². The van der Waals surface area contributed by atoms with Crippen molar-refractivity contribution in [3.63, 3.8) is 0 Å². The average Bonchev–Trinajstić information content (AvgIpc) is 2.93. The molecule has 0 aromatic rings. The van der Waals surface area contributed by atoms with Crippen LogP contribution in [0.2, 0.25) is 0 Å². The molecule has 4 heteroatoms. The van der Waals surface area contributed by atoms with Gasteiger partial charge < -0.3 is 29.7 Å². The van der Waals surface area contributed by atoms with Crippen molar-refractivity contribution in [1.29, 1.82) is 0 Å². The molecular weight excluding hydrogens is 356 g/mol. The van der Waals surface area contributed by atoms with Gasteiger partial charge in [0, 0.05) is 0 Å². The Balaban J connectivity index is -0.000000277. The molecule has 0 aromatic carbocycles. The van der Waals surface area contributed by atoms with Crippen LogP contribution in [0.1, 0.15) is 25.7 Å². The maximum Gasteiger partial charge on any atom is 4.00 e. The second-order valence-electron chi connectivity index (χ2n) is 4.22. The molecule has 0 unspecified atom stereocenters. The molecular formula is C15H21Cl2NZr. The first-order valence-corrected chi connectivity index (χ1v) is 5.92. The Morgan fingerprint density at radius 1 is 1.16 bits per heavy atom. The summed E-state index contributed by atoms with van der Waals surface area (Å²) >= 11 is 0. The zero-order valence-electron chi connectivity index (χ0n) is 11.6. The van der Waals surface area contributed by atoms with E-state index in [1.165, 1.54) is 25.0 Å². The van der Waals surface area contributed by atoms with Gasteiger partial charge in [-0.25, -0.2) is 23.8 Å². The Hall–Kier alpha value is 0.383. The van der Waals surface area contributed by atoms with Gasteiger partial charge >= 0.3 is 26.2 Å². The van der Waals surface area contributed by atoms with E-state index in [4.69, 9.17) is 0 Å². The van der Waals surface area contributed by atoms with Crippen molar-refractivity contribution in [2.45, 2.75) is 25.7 Å². The Labute approximate surface area is 149 Å². The van der Waals surface area contributed by atoms with Crippen molar-refractivity contribution in [2.24, 2.45) is 0 Å². The van der Waals surface area contributed by atoms with Crippen molar-refractivity contribution in [3.05, 3.63) is 48.1 Å². The summed E-state index contributed by atoms with van der Waals surface area (Å²) in [5, 5.41) is 0. The summed E-state index contributed by atoms with van der Waals surface area (Å²) in [7, 11) is 4.23. The Morgan fingerprint density at radius 2 is 1.89 bits per heavy atom. The summed E-state index contributed by atoms with van der Waals surface area (Å²) in [6.07, 6.45) is 21.1. The summed E-state index contributed by atoms with van der Waals surface area (Å²) in [6, 6.07) is 0. The van der Waals surface area contributed by atoms with Crippen molar-refractivity contribution in [2.75, 3.05) is 20.6 Å². The molecule has 2 aliphatic rings. The Kier molecular flexibility index (Phi) is 21.1. The Bertz CT molecular complexity index is 297. The molecule has 104 valence electrons. The Morgan fingerprint density at radius 3 is 2.26 bits per heavy atom. The number of rotatable bonds is 4. The topological polar surface area (TPSA) is 3.24 Å². The third-order valence-corrected chi connectivity index (χ3v) is 2.40. The van der Waals surface area contributed by atoms with Gasteiger partial charge in [-0.2, -0.15) is 12.2 Å². The zero-order chi connectivity index (χ0) is 11.6. The molecule has 0 aromatic heterocycles. The second-order valence-corrected chi connectivity index (χ2v) is 4.22. The molecule has 1 nitrogen and oxygen atoms in total. The molecule has 0 atom stereocenters. The SMILES string of the molecule is CN(C)CCCC1=[C-]CC=C1.[C-]1=CC=CC1.[Cl-].[Cl-].[Zr+4]. The van der Waals surface area contributed by atoms with Gasteiger partial charge in [0.2, 0.25) is 0 Å². The van der Waals surface area contributed by atoms with Crippen molar-refractivity contribution < 1.29 is 51.0 Å². The van der Waals surface area contributed by atoms with E-state index < -0.39 is 0 Å². The summed E-state index contributed by atoms with van der Waals surface area (Å²) in [5.41, 5.74) is 1.40. The molecule has 0 saturated heterocycles. The minimum absolute atomic E-state index is 0. The first-order valence-electron chi connectivity index (χ1n) is 5.92. The first-order chi connectivity index (χ1) is 7.79. The average molecular weight is 377 g/mol. The van der Waals surface area contributed by atoms with Crippen LogP contribution < -0.4 is 24.8 Å². The van der Waals surface area contributed by atoms with Gasteiger partial charge in [0.05, 0.1) is 0 Å². The summed E-state index contributed by atoms with van der Waals surface area (Å²) in [5.74, 6) is 0. The van der Waals surface area contributed by atoms with Crippen LogP contribution in [-0.4, -0.2) is 25.5 Å². The van der Waals surface area contributed by atoms with Gasteiger partial charge in [0.25, 0.3) is 0 Å². The number of hydrogen-bond donors (Lipinski definition) is 0. The fraction of sp³-hybridized carbons (Fsp3) is 0.467. The molecule has 0 amide bonds. The molecule has 0 bridgehead atoms. The van der Waals surface area contributed by atoms with Crippen LogP contribution in [0.25, 0.3) is 0 Å². The van der Waals surface area contributed by atoms with E-state index in [-0.39, 0.29) is 51.0 Å². The number of nitrogens with zero attached hydrogens (tertiary/aromatic N) is 1. The van der Waals surface area contributed by atoms with E-state index in [0.29, 0.717) is 0 Å². The molecule has 19 heavy (non-hydrogen) atoms. The number of hydrogen-bond acceptors (Lipinski definition) is 1. The molecule has 2 rings (SSSR count). The third kappa shape index (κ3) is 14.6. The third-order valence-electron chi connectivity index (χ3n) is 2.40. The van der Waals surface area contributed by atoms with Crippen molar-refractivity contribution in [1.82, 2.24) is 4.90 Å². The standard InChI is InChI=1S/C10H16N.C5H5.2ClH.Zr/c1-11(2)9-5-8-10-6-3-4-7-10;1-2-4-5-3-1;;;/h3,6H,4-5,8-9H2,1-2H3;1-3H,4H2;2*1H;/q2*-1;;;+4/p-2. The van der Waals surface area contributed by atoms with Crippen LogP contribution in [0.15, 0.2) is 36.0 Å². The summed E-state index contributed by atoms with van der Waals surface area (Å²) in [4.78, 5) is 2.22. The molecule has 0 fully saturated rings. The van der Waals surface area contributed by atoms with E-state index in [1.807, 2.05) is 12.2 Å². The van der Waals surface area contributed by atoms with E-state index in [2.05, 4.69) is 49.4 Å². The van der Waals surface area contributed by atoms with E-state index >= 15 is 0 Å².